The molecule has 3 rings (SSSR count). The summed E-state index contributed by atoms with van der Waals surface area (Å²) in [5.74, 6) is 1.17. The van der Waals surface area contributed by atoms with Gasteiger partial charge in [0, 0.05) is 11.6 Å². The quantitative estimate of drug-likeness (QED) is 0.875. The van der Waals surface area contributed by atoms with Crippen LogP contribution in [-0.4, -0.2) is 14.7 Å². The number of nitrogens with one attached hydrogen (secondary N) is 1. The number of hydrogen-bond acceptors (Lipinski definition) is 4. The van der Waals surface area contributed by atoms with Crippen LogP contribution in [0.25, 0.3) is 11.0 Å². The number of anilines is 1. The third-order valence-corrected chi connectivity index (χ3v) is 5.26. The highest BCUT2D eigenvalue weighted by Gasteiger charge is 2.26. The van der Waals surface area contributed by atoms with Crippen molar-refractivity contribution in [1.29, 1.82) is 0 Å². The van der Waals surface area contributed by atoms with E-state index < -0.39 is 0 Å². The van der Waals surface area contributed by atoms with Crippen molar-refractivity contribution in [2.24, 2.45) is 11.8 Å². The van der Waals surface area contributed by atoms with E-state index in [0.717, 1.165) is 35.5 Å². The molecule has 2 aromatic rings. The molecule has 1 amide bonds. The maximum atomic E-state index is 12.4. The Bertz CT molecular complexity index is 632. The molecule has 1 aliphatic carbocycles. The second kappa shape index (κ2) is 7.18. The largest absolute Gasteiger partial charge is 0.326 e. The van der Waals surface area contributed by atoms with Crippen molar-refractivity contribution in [2.75, 3.05) is 5.32 Å². The molecule has 5 heteroatoms. The average Bonchev–Trinajstić information content (AvgIpc) is 3.01. The van der Waals surface area contributed by atoms with Gasteiger partial charge in [-0.1, -0.05) is 26.2 Å². The second-order valence-electron chi connectivity index (χ2n) is 6.32. The summed E-state index contributed by atoms with van der Waals surface area (Å²) < 4.78 is 8.40. The summed E-state index contributed by atoms with van der Waals surface area (Å²) in [5, 5.41) is 3.05. The third-order valence-electron chi connectivity index (χ3n) is 4.70. The van der Waals surface area contributed by atoms with Gasteiger partial charge in [0.25, 0.3) is 0 Å². The Balaban J connectivity index is 1.54. The molecule has 0 saturated heterocycles. The van der Waals surface area contributed by atoms with Crippen LogP contribution in [0.15, 0.2) is 18.2 Å². The summed E-state index contributed by atoms with van der Waals surface area (Å²) >= 11 is 1.20. The molecule has 1 saturated carbocycles. The van der Waals surface area contributed by atoms with E-state index in [1.165, 1.54) is 43.8 Å². The van der Waals surface area contributed by atoms with E-state index in [-0.39, 0.29) is 11.8 Å². The van der Waals surface area contributed by atoms with Crippen LogP contribution in [0.5, 0.6) is 0 Å². The highest BCUT2D eigenvalue weighted by molar-refractivity contribution is 7.00. The van der Waals surface area contributed by atoms with E-state index in [2.05, 4.69) is 21.0 Å². The molecule has 0 unspecified atom stereocenters. The molecule has 0 aliphatic heterocycles. The number of carbonyl (C=O) groups is 1. The van der Waals surface area contributed by atoms with Crippen molar-refractivity contribution in [1.82, 2.24) is 8.75 Å². The molecule has 1 heterocycles. The van der Waals surface area contributed by atoms with Crippen LogP contribution in [0.2, 0.25) is 0 Å². The Hall–Kier alpha value is -1.49. The van der Waals surface area contributed by atoms with Crippen molar-refractivity contribution < 1.29 is 4.79 Å². The molecule has 1 N–H and O–H groups in total. The van der Waals surface area contributed by atoms with Gasteiger partial charge < -0.3 is 5.32 Å². The Morgan fingerprint density at radius 1 is 1.23 bits per heavy atom. The van der Waals surface area contributed by atoms with Crippen LogP contribution in [0.1, 0.15) is 51.9 Å². The number of amides is 1. The monoisotopic (exact) mass is 317 g/mol. The summed E-state index contributed by atoms with van der Waals surface area (Å²) in [6.45, 7) is 2.24. The van der Waals surface area contributed by atoms with Gasteiger partial charge in [0.05, 0.1) is 11.7 Å². The first-order valence-electron chi connectivity index (χ1n) is 8.29. The highest BCUT2D eigenvalue weighted by Crippen LogP contribution is 2.32. The van der Waals surface area contributed by atoms with Crippen LogP contribution >= 0.6 is 11.7 Å². The number of carbonyl (C=O) groups excluding carboxylic acids is 1. The van der Waals surface area contributed by atoms with Crippen LogP contribution < -0.4 is 5.32 Å². The summed E-state index contributed by atoms with van der Waals surface area (Å²) in [6, 6.07) is 5.73. The number of benzene rings is 1. The molecule has 0 radical (unpaired) electrons. The normalized spacial score (nSPS) is 21.9. The van der Waals surface area contributed by atoms with Gasteiger partial charge in [-0.25, -0.2) is 0 Å². The first-order valence-corrected chi connectivity index (χ1v) is 9.02. The molecule has 1 aromatic heterocycles. The number of hydrogen-bond donors (Lipinski definition) is 1. The van der Waals surface area contributed by atoms with Crippen molar-refractivity contribution in [3.63, 3.8) is 0 Å². The van der Waals surface area contributed by atoms with Gasteiger partial charge in [-0.15, -0.1) is 0 Å². The topological polar surface area (TPSA) is 54.9 Å². The van der Waals surface area contributed by atoms with Crippen LogP contribution in [0.3, 0.4) is 0 Å². The van der Waals surface area contributed by atoms with Gasteiger partial charge in [-0.3, -0.25) is 4.79 Å². The van der Waals surface area contributed by atoms with Crippen molar-refractivity contribution in [3.8, 4) is 0 Å². The van der Waals surface area contributed by atoms with Crippen molar-refractivity contribution >= 4 is 34.4 Å². The fourth-order valence-corrected chi connectivity index (χ4v) is 3.83. The molecule has 118 valence electrons. The minimum absolute atomic E-state index is 0.163. The predicted molar refractivity (Wildman–Crippen MR) is 91.0 cm³/mol. The number of rotatable bonds is 5. The lowest BCUT2D eigenvalue weighted by molar-refractivity contribution is -0.121. The Morgan fingerprint density at radius 2 is 2.00 bits per heavy atom. The van der Waals surface area contributed by atoms with Crippen LogP contribution in [0.4, 0.5) is 5.69 Å². The van der Waals surface area contributed by atoms with Gasteiger partial charge in [-0.05, 0) is 49.8 Å². The van der Waals surface area contributed by atoms with E-state index in [1.807, 2.05) is 18.2 Å². The number of unbranched alkanes of at least 4 members (excludes halogenated alkanes) is 1. The number of nitrogens with zero attached hydrogens (tertiary/aromatic N) is 2. The van der Waals surface area contributed by atoms with E-state index >= 15 is 0 Å². The lowest BCUT2D eigenvalue weighted by Crippen LogP contribution is -2.27. The Kier molecular flexibility index (Phi) is 5.03. The Labute approximate surface area is 135 Å². The van der Waals surface area contributed by atoms with Crippen LogP contribution in [0, 0.1) is 11.8 Å². The number of fused-ring (bicyclic) bond motifs is 1. The van der Waals surface area contributed by atoms with Crippen molar-refractivity contribution in [2.45, 2.75) is 51.9 Å². The molecule has 0 spiro atoms. The molecule has 1 fully saturated rings. The zero-order valence-corrected chi connectivity index (χ0v) is 13.9. The van der Waals surface area contributed by atoms with E-state index in [4.69, 9.17) is 0 Å². The van der Waals surface area contributed by atoms with Crippen molar-refractivity contribution in [3.05, 3.63) is 18.2 Å². The van der Waals surface area contributed by atoms with Gasteiger partial charge in [0.15, 0.2) is 0 Å². The third kappa shape index (κ3) is 3.64. The van der Waals surface area contributed by atoms with Gasteiger partial charge >= 0.3 is 0 Å². The molecule has 0 bridgehead atoms. The molecule has 1 aliphatic rings. The summed E-state index contributed by atoms with van der Waals surface area (Å²) in [5.41, 5.74) is 2.57. The zero-order valence-electron chi connectivity index (χ0n) is 13.0. The fourth-order valence-electron chi connectivity index (χ4n) is 3.31. The molecule has 1 aromatic carbocycles. The predicted octanol–water partition coefficient (Wildman–Crippen LogP) is 4.63. The minimum atomic E-state index is 0.163. The molecular formula is C17H23N3OS. The molecule has 22 heavy (non-hydrogen) atoms. The molecule has 4 nitrogen and oxygen atoms in total. The lowest BCUT2D eigenvalue weighted by Gasteiger charge is -2.27. The standard InChI is InChI=1S/C17H23N3OS/c1-2-3-4-12-5-7-13(8-6-12)17(21)18-14-9-10-15-16(11-14)20-22-19-15/h9-13H,2-8H2,1H3,(H,18,21). The van der Waals surface area contributed by atoms with E-state index in [0.29, 0.717) is 0 Å². The number of aromatic nitrogens is 2. The van der Waals surface area contributed by atoms with Gasteiger partial charge in [0.1, 0.15) is 11.0 Å². The van der Waals surface area contributed by atoms with Crippen LogP contribution in [-0.2, 0) is 4.79 Å². The highest BCUT2D eigenvalue weighted by atomic mass is 32.1. The molecule has 0 atom stereocenters. The Morgan fingerprint density at radius 3 is 2.77 bits per heavy atom. The summed E-state index contributed by atoms with van der Waals surface area (Å²) in [4.78, 5) is 12.4. The first-order chi connectivity index (χ1) is 10.8. The van der Waals surface area contributed by atoms with Gasteiger partial charge in [-0.2, -0.15) is 8.75 Å². The lowest BCUT2D eigenvalue weighted by atomic mass is 9.79. The smallest absolute Gasteiger partial charge is 0.227 e. The average molecular weight is 317 g/mol. The van der Waals surface area contributed by atoms with E-state index in [9.17, 15) is 4.79 Å². The SMILES string of the molecule is CCCCC1CCC(C(=O)Nc2ccc3nsnc3c2)CC1. The maximum absolute atomic E-state index is 12.4. The second-order valence-corrected chi connectivity index (χ2v) is 6.85. The van der Waals surface area contributed by atoms with E-state index in [1.54, 1.807) is 0 Å². The van der Waals surface area contributed by atoms with Gasteiger partial charge in [0.2, 0.25) is 5.91 Å². The summed E-state index contributed by atoms with van der Waals surface area (Å²) in [6.07, 6.45) is 8.39. The first kappa shape index (κ1) is 15.4. The molecular weight excluding hydrogens is 294 g/mol. The zero-order chi connectivity index (χ0) is 15.4. The maximum Gasteiger partial charge on any atom is 0.227 e. The minimum Gasteiger partial charge on any atom is -0.326 e. The summed E-state index contributed by atoms with van der Waals surface area (Å²) in [7, 11) is 0. The fraction of sp³-hybridized carbons (Fsp3) is 0.588.